The minimum absolute atomic E-state index is 0.605. The Balaban J connectivity index is 1.35. The van der Waals surface area contributed by atoms with Gasteiger partial charge in [-0.15, -0.1) is 0 Å². The van der Waals surface area contributed by atoms with Crippen LogP contribution in [0.3, 0.4) is 0 Å². The predicted molar refractivity (Wildman–Crippen MR) is 100 cm³/mol. The molecule has 0 radical (unpaired) electrons. The summed E-state index contributed by atoms with van der Waals surface area (Å²) in [4.78, 5) is 9.56. The minimum Gasteiger partial charge on any atom is -0.382 e. The molecule has 2 aromatic rings. The second-order valence-electron chi connectivity index (χ2n) is 7.50. The molecule has 1 aromatic heterocycles. The van der Waals surface area contributed by atoms with Crippen molar-refractivity contribution in [1.29, 1.82) is 0 Å². The molecule has 4 nitrogen and oxygen atoms in total. The van der Waals surface area contributed by atoms with E-state index in [0.717, 1.165) is 11.4 Å². The highest BCUT2D eigenvalue weighted by Gasteiger charge is 2.27. The Hall–Kier alpha value is -1.65. The zero-order valence-electron chi connectivity index (χ0n) is 14.6. The van der Waals surface area contributed by atoms with Gasteiger partial charge in [-0.1, -0.05) is 18.2 Å². The zero-order valence-corrected chi connectivity index (χ0v) is 14.6. The smallest absolute Gasteiger partial charge is 0.0722 e. The average Bonchev–Trinajstić information content (AvgIpc) is 3.04. The number of piperazine rings is 1. The summed E-state index contributed by atoms with van der Waals surface area (Å²) in [7, 11) is 2.23. The van der Waals surface area contributed by atoms with Crippen LogP contribution in [-0.4, -0.2) is 60.6 Å². The Kier molecular flexibility index (Phi) is 4.67. The molecule has 1 aromatic carbocycles. The summed E-state index contributed by atoms with van der Waals surface area (Å²) < 4.78 is 0. The van der Waals surface area contributed by atoms with Gasteiger partial charge in [-0.05, 0) is 44.4 Å². The summed E-state index contributed by atoms with van der Waals surface area (Å²) in [6.07, 6.45) is 5.85. The Morgan fingerprint density at radius 3 is 2.79 bits per heavy atom. The molecule has 4 rings (SSSR count). The number of nitrogens with one attached hydrogen (secondary N) is 1. The fourth-order valence-corrected chi connectivity index (χ4v) is 4.21. The highest BCUT2D eigenvalue weighted by Crippen LogP contribution is 2.31. The van der Waals surface area contributed by atoms with Gasteiger partial charge in [0.25, 0.3) is 0 Å². The van der Waals surface area contributed by atoms with E-state index in [9.17, 15) is 0 Å². The van der Waals surface area contributed by atoms with Gasteiger partial charge in [0.15, 0.2) is 0 Å². The van der Waals surface area contributed by atoms with Gasteiger partial charge < -0.3 is 15.1 Å². The molecule has 0 unspecified atom stereocenters. The molecule has 0 bridgehead atoms. The van der Waals surface area contributed by atoms with Crippen molar-refractivity contribution < 1.29 is 0 Å². The molecular weight excluding hydrogens is 296 g/mol. The molecule has 0 spiro atoms. The second-order valence-corrected chi connectivity index (χ2v) is 7.50. The van der Waals surface area contributed by atoms with Crippen LogP contribution in [-0.2, 0) is 0 Å². The largest absolute Gasteiger partial charge is 0.382 e. The van der Waals surface area contributed by atoms with Crippen molar-refractivity contribution in [3.05, 3.63) is 36.5 Å². The van der Waals surface area contributed by atoms with Crippen LogP contribution in [0.15, 0.2) is 36.5 Å². The lowest BCUT2D eigenvalue weighted by molar-refractivity contribution is 0.136. The van der Waals surface area contributed by atoms with Crippen LogP contribution in [0, 0.1) is 5.92 Å². The number of para-hydroxylation sites is 1. The maximum atomic E-state index is 4.46. The van der Waals surface area contributed by atoms with Crippen molar-refractivity contribution in [2.75, 3.05) is 45.1 Å². The summed E-state index contributed by atoms with van der Waals surface area (Å²) >= 11 is 0. The zero-order chi connectivity index (χ0) is 16.4. The van der Waals surface area contributed by atoms with Gasteiger partial charge in [-0.25, -0.2) is 0 Å². The van der Waals surface area contributed by atoms with Gasteiger partial charge in [-0.2, -0.15) is 0 Å². The van der Waals surface area contributed by atoms with E-state index >= 15 is 0 Å². The summed E-state index contributed by atoms with van der Waals surface area (Å²) in [5, 5.41) is 5.03. The number of likely N-dealkylation sites (N-methyl/N-ethyl adjacent to an activating group) is 1. The number of rotatable bonds is 4. The maximum Gasteiger partial charge on any atom is 0.0722 e. The van der Waals surface area contributed by atoms with E-state index in [4.69, 9.17) is 0 Å². The Morgan fingerprint density at radius 1 is 1.08 bits per heavy atom. The SMILES string of the molecule is CN1CCN(C[C@@H]2CC[C@@H](Nc3ccnc4ccccc34)C2)CC1. The number of benzene rings is 1. The normalized spacial score (nSPS) is 26.0. The van der Waals surface area contributed by atoms with Crippen LogP contribution in [0.5, 0.6) is 0 Å². The minimum atomic E-state index is 0.605. The predicted octanol–water partition coefficient (Wildman–Crippen LogP) is 3.06. The molecule has 2 fully saturated rings. The molecule has 1 aliphatic heterocycles. The molecule has 1 aliphatic carbocycles. The number of aromatic nitrogens is 1. The summed E-state index contributed by atoms with van der Waals surface area (Å²) in [5.41, 5.74) is 2.32. The first-order chi connectivity index (χ1) is 11.8. The Labute approximate surface area is 144 Å². The first kappa shape index (κ1) is 15.9. The fraction of sp³-hybridized carbons (Fsp3) is 0.550. The van der Waals surface area contributed by atoms with E-state index in [1.165, 1.54) is 63.1 Å². The molecule has 128 valence electrons. The van der Waals surface area contributed by atoms with Crippen molar-refractivity contribution in [2.45, 2.75) is 25.3 Å². The van der Waals surface area contributed by atoms with Crippen LogP contribution in [0.1, 0.15) is 19.3 Å². The van der Waals surface area contributed by atoms with Crippen LogP contribution in [0.25, 0.3) is 10.9 Å². The highest BCUT2D eigenvalue weighted by molar-refractivity contribution is 5.90. The van der Waals surface area contributed by atoms with Crippen LogP contribution in [0.4, 0.5) is 5.69 Å². The number of fused-ring (bicyclic) bond motifs is 1. The van der Waals surface area contributed by atoms with E-state index in [1.807, 2.05) is 6.20 Å². The van der Waals surface area contributed by atoms with Gasteiger partial charge in [0.2, 0.25) is 0 Å². The van der Waals surface area contributed by atoms with Gasteiger partial charge in [0.1, 0.15) is 0 Å². The number of pyridine rings is 1. The van der Waals surface area contributed by atoms with Crippen molar-refractivity contribution in [1.82, 2.24) is 14.8 Å². The van der Waals surface area contributed by atoms with E-state index in [1.54, 1.807) is 0 Å². The third-order valence-electron chi connectivity index (χ3n) is 5.66. The van der Waals surface area contributed by atoms with E-state index in [-0.39, 0.29) is 0 Å². The van der Waals surface area contributed by atoms with E-state index in [0.29, 0.717) is 6.04 Å². The Bertz CT molecular complexity index is 673. The first-order valence-electron chi connectivity index (χ1n) is 9.29. The van der Waals surface area contributed by atoms with Crippen molar-refractivity contribution in [2.24, 2.45) is 5.92 Å². The van der Waals surface area contributed by atoms with Crippen molar-refractivity contribution in [3.63, 3.8) is 0 Å². The molecule has 24 heavy (non-hydrogen) atoms. The maximum absolute atomic E-state index is 4.46. The first-order valence-corrected chi connectivity index (χ1v) is 9.29. The lowest BCUT2D eigenvalue weighted by Crippen LogP contribution is -2.45. The number of hydrogen-bond donors (Lipinski definition) is 1. The standard InChI is InChI=1S/C20H28N4/c1-23-10-12-24(13-11-23)15-16-6-7-17(14-16)22-20-8-9-21-19-5-3-2-4-18(19)20/h2-5,8-9,16-17H,6-7,10-15H2,1H3,(H,21,22)/t16-,17-/m1/s1. The molecule has 1 saturated heterocycles. The highest BCUT2D eigenvalue weighted by atomic mass is 15.2. The average molecular weight is 324 g/mol. The summed E-state index contributed by atoms with van der Waals surface area (Å²) in [5.74, 6) is 0.846. The lowest BCUT2D eigenvalue weighted by atomic mass is 10.1. The van der Waals surface area contributed by atoms with Gasteiger partial charge in [0, 0.05) is 56.0 Å². The van der Waals surface area contributed by atoms with Crippen LogP contribution >= 0.6 is 0 Å². The molecule has 2 aliphatic rings. The molecular formula is C20H28N4. The van der Waals surface area contributed by atoms with Crippen molar-refractivity contribution in [3.8, 4) is 0 Å². The quantitative estimate of drug-likeness (QED) is 0.936. The molecule has 0 amide bonds. The fourth-order valence-electron chi connectivity index (χ4n) is 4.21. The summed E-state index contributed by atoms with van der Waals surface area (Å²) in [6.45, 7) is 6.19. The van der Waals surface area contributed by atoms with Gasteiger partial charge in [0.05, 0.1) is 5.52 Å². The molecule has 2 atom stereocenters. The summed E-state index contributed by atoms with van der Waals surface area (Å²) in [6, 6.07) is 11.1. The second kappa shape index (κ2) is 7.08. The molecule has 1 saturated carbocycles. The Morgan fingerprint density at radius 2 is 1.92 bits per heavy atom. The van der Waals surface area contributed by atoms with Gasteiger partial charge >= 0.3 is 0 Å². The number of hydrogen-bond acceptors (Lipinski definition) is 4. The lowest BCUT2D eigenvalue weighted by Gasteiger charge is -2.34. The third kappa shape index (κ3) is 3.55. The van der Waals surface area contributed by atoms with Crippen molar-refractivity contribution >= 4 is 16.6 Å². The van der Waals surface area contributed by atoms with Crippen LogP contribution < -0.4 is 5.32 Å². The van der Waals surface area contributed by atoms with E-state index in [2.05, 4.69) is 57.5 Å². The van der Waals surface area contributed by atoms with E-state index < -0.39 is 0 Å². The molecule has 1 N–H and O–H groups in total. The van der Waals surface area contributed by atoms with Crippen LogP contribution in [0.2, 0.25) is 0 Å². The molecule has 4 heteroatoms. The molecule has 2 heterocycles. The van der Waals surface area contributed by atoms with Gasteiger partial charge in [-0.3, -0.25) is 4.98 Å². The number of nitrogens with zero attached hydrogens (tertiary/aromatic N) is 3. The third-order valence-corrected chi connectivity index (χ3v) is 5.66. The monoisotopic (exact) mass is 324 g/mol. The topological polar surface area (TPSA) is 31.4 Å². The number of anilines is 1.